The minimum atomic E-state index is -0.634. The van der Waals surface area contributed by atoms with Gasteiger partial charge in [-0.25, -0.2) is 0 Å². The number of aromatic nitrogens is 1. The molecule has 0 fully saturated rings. The quantitative estimate of drug-likeness (QED) is 0.310. The van der Waals surface area contributed by atoms with Gasteiger partial charge < -0.3 is 5.21 Å². The van der Waals surface area contributed by atoms with Gasteiger partial charge in [0, 0.05) is 6.07 Å². The molecule has 2 rings (SSSR count). The van der Waals surface area contributed by atoms with E-state index in [-0.39, 0.29) is 11.3 Å². The van der Waals surface area contributed by atoms with Gasteiger partial charge in [-0.05, 0) is 6.07 Å². The van der Waals surface area contributed by atoms with Crippen LogP contribution in [0.3, 0.4) is 0 Å². The molecule has 0 radical (unpaired) electrons. The van der Waals surface area contributed by atoms with Gasteiger partial charge in [-0.1, -0.05) is 0 Å². The molecule has 0 spiro atoms. The van der Waals surface area contributed by atoms with E-state index < -0.39 is 11.8 Å². The van der Waals surface area contributed by atoms with Gasteiger partial charge in [0.05, 0.1) is 0 Å². The van der Waals surface area contributed by atoms with Crippen molar-refractivity contribution in [1.29, 1.82) is 0 Å². The van der Waals surface area contributed by atoms with Crippen LogP contribution in [0.1, 0.15) is 20.8 Å². The third-order valence-corrected chi connectivity index (χ3v) is 1.65. The van der Waals surface area contributed by atoms with Gasteiger partial charge in [-0.15, -0.1) is 0 Å². The Morgan fingerprint density at radius 3 is 2.75 bits per heavy atom. The monoisotopic (exact) mass is 164 g/mol. The molecule has 5 heteroatoms. The normalized spacial score (nSPS) is 14.3. The van der Waals surface area contributed by atoms with Crippen molar-refractivity contribution in [3.63, 3.8) is 0 Å². The lowest BCUT2D eigenvalue weighted by molar-refractivity contribution is -0.607. The van der Waals surface area contributed by atoms with Crippen LogP contribution in [0.2, 0.25) is 0 Å². The largest absolute Gasteiger partial charge is 0.618 e. The summed E-state index contributed by atoms with van der Waals surface area (Å²) in [5.74, 6) is -1.15. The topological polar surface area (TPSA) is 73.1 Å². The molecule has 1 aliphatic heterocycles. The van der Waals surface area contributed by atoms with Gasteiger partial charge >= 0.3 is 5.91 Å². The Morgan fingerprint density at radius 1 is 1.33 bits per heavy atom. The average Bonchev–Trinajstić information content (AvgIpc) is 2.29. The van der Waals surface area contributed by atoms with Gasteiger partial charge in [0.25, 0.3) is 11.6 Å². The Labute approximate surface area is 67.2 Å². The maximum absolute atomic E-state index is 11.0. The second-order valence-electron chi connectivity index (χ2n) is 2.38. The number of nitrogens with zero attached hydrogens (tertiary/aromatic N) is 1. The number of hydrogen-bond donors (Lipinski definition) is 1. The molecule has 2 amide bonds. The Morgan fingerprint density at radius 2 is 2.08 bits per heavy atom. The van der Waals surface area contributed by atoms with Crippen LogP contribution in [0.15, 0.2) is 18.3 Å². The molecule has 0 aliphatic carbocycles. The fourth-order valence-electron chi connectivity index (χ4n) is 1.12. The first-order valence-electron chi connectivity index (χ1n) is 3.28. The lowest BCUT2D eigenvalue weighted by Gasteiger charge is -1.96. The number of imide groups is 1. The number of nitrogens with one attached hydrogen (secondary N) is 1. The molecule has 0 saturated heterocycles. The van der Waals surface area contributed by atoms with E-state index in [1.165, 1.54) is 18.3 Å². The van der Waals surface area contributed by atoms with E-state index in [9.17, 15) is 14.8 Å². The van der Waals surface area contributed by atoms with E-state index in [4.69, 9.17) is 0 Å². The molecular formula is C7H4N2O3. The summed E-state index contributed by atoms with van der Waals surface area (Å²) in [5, 5.41) is 13.0. The standard InChI is InChI=1S/C7H4N2O3/c10-6-4-2-1-3-9(12)5(4)7(11)8-6/h1-3H,(H,8,10,11). The van der Waals surface area contributed by atoms with Crippen LogP contribution in [0.4, 0.5) is 0 Å². The highest BCUT2D eigenvalue weighted by atomic mass is 16.5. The van der Waals surface area contributed by atoms with Crippen molar-refractivity contribution in [2.24, 2.45) is 0 Å². The van der Waals surface area contributed by atoms with Crippen LogP contribution in [0.25, 0.3) is 0 Å². The molecule has 12 heavy (non-hydrogen) atoms. The van der Waals surface area contributed by atoms with Crippen LogP contribution < -0.4 is 10.0 Å². The summed E-state index contributed by atoms with van der Waals surface area (Å²) in [6.07, 6.45) is 1.18. The molecule has 1 aromatic heterocycles. The van der Waals surface area contributed by atoms with Crippen molar-refractivity contribution in [2.45, 2.75) is 0 Å². The molecule has 5 nitrogen and oxygen atoms in total. The average molecular weight is 164 g/mol. The Hall–Kier alpha value is -1.91. The highest BCUT2D eigenvalue weighted by Gasteiger charge is 2.34. The predicted molar refractivity (Wildman–Crippen MR) is 37.2 cm³/mol. The van der Waals surface area contributed by atoms with E-state index in [1.807, 2.05) is 5.32 Å². The lowest BCUT2D eigenvalue weighted by Crippen LogP contribution is -2.35. The summed E-state index contributed by atoms with van der Waals surface area (Å²) in [4.78, 5) is 21.9. The summed E-state index contributed by atoms with van der Waals surface area (Å²) in [6.45, 7) is 0. The maximum Gasteiger partial charge on any atom is 0.325 e. The molecule has 1 aromatic rings. The Balaban J connectivity index is 2.75. The van der Waals surface area contributed by atoms with Crippen LogP contribution in [0.5, 0.6) is 0 Å². The fraction of sp³-hybridized carbons (Fsp3) is 0. The predicted octanol–water partition coefficient (Wildman–Crippen LogP) is -0.796. The van der Waals surface area contributed by atoms with Crippen LogP contribution in [0, 0.1) is 5.21 Å². The molecule has 0 aromatic carbocycles. The smallest absolute Gasteiger partial charge is 0.325 e. The number of carbonyl (C=O) groups excluding carboxylic acids is 2. The van der Waals surface area contributed by atoms with E-state index in [0.29, 0.717) is 4.73 Å². The summed E-state index contributed by atoms with van der Waals surface area (Å²) in [6, 6.07) is 2.86. The highest BCUT2D eigenvalue weighted by molar-refractivity contribution is 6.19. The third kappa shape index (κ3) is 0.701. The Kier molecular flexibility index (Phi) is 1.15. The van der Waals surface area contributed by atoms with Crippen LogP contribution >= 0.6 is 0 Å². The van der Waals surface area contributed by atoms with Crippen molar-refractivity contribution in [3.05, 3.63) is 34.8 Å². The van der Waals surface area contributed by atoms with E-state index in [1.54, 1.807) is 0 Å². The lowest BCUT2D eigenvalue weighted by atomic mass is 10.2. The van der Waals surface area contributed by atoms with Gasteiger partial charge in [-0.2, -0.15) is 4.73 Å². The maximum atomic E-state index is 11.0. The van der Waals surface area contributed by atoms with Crippen molar-refractivity contribution < 1.29 is 14.3 Å². The second kappa shape index (κ2) is 2.04. The SMILES string of the molecule is O=C1NC(=O)c2c1ccc[n+]2[O-]. The first kappa shape index (κ1) is 6.78. The van der Waals surface area contributed by atoms with E-state index in [0.717, 1.165) is 0 Å². The second-order valence-corrected chi connectivity index (χ2v) is 2.38. The molecule has 1 N–H and O–H groups in total. The minimum Gasteiger partial charge on any atom is -0.618 e. The number of carbonyl (C=O) groups is 2. The molecule has 0 saturated carbocycles. The number of pyridine rings is 1. The molecule has 0 atom stereocenters. The van der Waals surface area contributed by atoms with Gasteiger partial charge in [0.1, 0.15) is 5.56 Å². The van der Waals surface area contributed by atoms with Gasteiger partial charge in [-0.3, -0.25) is 14.9 Å². The first-order valence-corrected chi connectivity index (χ1v) is 3.28. The van der Waals surface area contributed by atoms with Gasteiger partial charge in [0.2, 0.25) is 0 Å². The van der Waals surface area contributed by atoms with Crippen molar-refractivity contribution >= 4 is 11.8 Å². The Bertz CT molecular complexity index is 386. The van der Waals surface area contributed by atoms with Crippen molar-refractivity contribution in [2.75, 3.05) is 0 Å². The highest BCUT2D eigenvalue weighted by Crippen LogP contribution is 2.09. The summed E-state index contributed by atoms with van der Waals surface area (Å²) in [7, 11) is 0. The van der Waals surface area contributed by atoms with Gasteiger partial charge in [0.15, 0.2) is 6.20 Å². The summed E-state index contributed by atoms with van der Waals surface area (Å²) >= 11 is 0. The molecule has 60 valence electrons. The van der Waals surface area contributed by atoms with Crippen LogP contribution in [-0.2, 0) is 0 Å². The number of hydrogen-bond acceptors (Lipinski definition) is 3. The fourth-order valence-corrected chi connectivity index (χ4v) is 1.12. The molecular weight excluding hydrogens is 160 g/mol. The number of rotatable bonds is 0. The number of fused-ring (bicyclic) bond motifs is 1. The zero-order valence-corrected chi connectivity index (χ0v) is 5.90. The zero-order chi connectivity index (χ0) is 8.72. The summed E-state index contributed by atoms with van der Waals surface area (Å²) < 4.78 is 0.384. The molecule has 1 aliphatic rings. The molecule has 0 unspecified atom stereocenters. The third-order valence-electron chi connectivity index (χ3n) is 1.65. The first-order chi connectivity index (χ1) is 5.70. The molecule has 2 heterocycles. The van der Waals surface area contributed by atoms with Crippen molar-refractivity contribution in [3.8, 4) is 0 Å². The van der Waals surface area contributed by atoms with Crippen molar-refractivity contribution in [1.82, 2.24) is 5.32 Å². The molecule has 0 bridgehead atoms. The van der Waals surface area contributed by atoms with Crippen LogP contribution in [-0.4, -0.2) is 11.8 Å². The van der Waals surface area contributed by atoms with E-state index >= 15 is 0 Å². The summed E-state index contributed by atoms with van der Waals surface area (Å²) in [5.41, 5.74) is 0.0139. The minimum absolute atomic E-state index is 0.123. The van der Waals surface area contributed by atoms with E-state index in [2.05, 4.69) is 0 Å². The zero-order valence-electron chi connectivity index (χ0n) is 5.90. The number of amides is 2.